The number of amides is 1. The molecule has 2 aliphatic rings. The van der Waals surface area contributed by atoms with Crippen molar-refractivity contribution in [2.24, 2.45) is 10.7 Å². The summed E-state index contributed by atoms with van der Waals surface area (Å²) in [4.78, 5) is 27.6. The van der Waals surface area contributed by atoms with Gasteiger partial charge < -0.3 is 11.1 Å². The number of amidine groups is 1. The second-order valence-corrected chi connectivity index (χ2v) is 8.34. The third-order valence-corrected chi connectivity index (χ3v) is 5.66. The molecule has 1 aliphatic heterocycles. The number of anilines is 1. The van der Waals surface area contributed by atoms with Gasteiger partial charge in [-0.2, -0.15) is 0 Å². The van der Waals surface area contributed by atoms with E-state index >= 15 is 0 Å². The van der Waals surface area contributed by atoms with Gasteiger partial charge in [-0.05, 0) is 37.1 Å². The summed E-state index contributed by atoms with van der Waals surface area (Å²) in [6.45, 7) is 1.89. The Morgan fingerprint density at radius 3 is 2.97 bits per heavy atom. The lowest BCUT2D eigenvalue weighted by atomic mass is 9.89. The number of thioether (sulfide) groups is 1. The van der Waals surface area contributed by atoms with E-state index in [1.54, 1.807) is 6.07 Å². The fourth-order valence-corrected chi connectivity index (χ4v) is 4.16. The van der Waals surface area contributed by atoms with Crippen LogP contribution in [0, 0.1) is 15.9 Å². The highest BCUT2D eigenvalue weighted by Gasteiger charge is 2.30. The smallest absolute Gasteiger partial charge is 0.269 e. The number of aliphatic imine (C=N–C) groups is 1. The van der Waals surface area contributed by atoms with E-state index in [9.17, 15) is 19.3 Å². The molecule has 29 heavy (non-hydrogen) atoms. The molecule has 2 unspecified atom stereocenters. The minimum atomic E-state index is -0.711. The maximum Gasteiger partial charge on any atom is 0.269 e. The molecule has 2 atom stereocenters. The van der Waals surface area contributed by atoms with Crippen molar-refractivity contribution in [2.75, 3.05) is 11.1 Å². The first-order chi connectivity index (χ1) is 13.7. The average molecular weight is 437 g/mol. The number of nitrogens with two attached hydrogens (primary N) is 1. The van der Waals surface area contributed by atoms with Gasteiger partial charge in [0.25, 0.3) is 11.6 Å². The number of carbonyl (C=O) groups excluding carboxylic acids is 1. The van der Waals surface area contributed by atoms with E-state index in [-0.39, 0.29) is 17.0 Å². The fourth-order valence-electron chi connectivity index (χ4n) is 2.97. The number of halogens is 2. The van der Waals surface area contributed by atoms with Crippen LogP contribution in [0.4, 0.5) is 10.1 Å². The number of hydrogen-bond donors (Lipinski definition) is 2. The SMILES string of the molecule is CC1(c2ccc(F)c(NC(=O)C3=CC(Cl)C=CC([N+](=O)[O-])=C3)c2)CCSC(N)=N1. The number of nitrogens with one attached hydrogen (secondary N) is 1. The quantitative estimate of drug-likeness (QED) is 0.424. The fraction of sp³-hybridized carbons (Fsp3) is 0.263. The number of hydrogen-bond acceptors (Lipinski definition) is 6. The van der Waals surface area contributed by atoms with Crippen LogP contribution in [0.3, 0.4) is 0 Å². The first kappa shape index (κ1) is 21.1. The van der Waals surface area contributed by atoms with Crippen LogP contribution in [0.15, 0.2) is 58.8 Å². The van der Waals surface area contributed by atoms with Gasteiger partial charge in [0.15, 0.2) is 5.17 Å². The average Bonchev–Trinajstić information content (AvgIpc) is 2.85. The van der Waals surface area contributed by atoms with Gasteiger partial charge in [-0.15, -0.1) is 11.6 Å². The summed E-state index contributed by atoms with van der Waals surface area (Å²) in [5, 5.41) is 13.3. The van der Waals surface area contributed by atoms with Crippen LogP contribution in [-0.2, 0) is 10.3 Å². The van der Waals surface area contributed by atoms with E-state index < -0.39 is 27.6 Å². The van der Waals surface area contributed by atoms with Crippen molar-refractivity contribution in [3.8, 4) is 0 Å². The Balaban J connectivity index is 1.90. The molecular weight excluding hydrogens is 419 g/mol. The van der Waals surface area contributed by atoms with E-state index in [0.717, 1.165) is 11.8 Å². The third kappa shape index (κ3) is 4.86. The van der Waals surface area contributed by atoms with E-state index in [1.807, 2.05) is 6.92 Å². The maximum atomic E-state index is 14.4. The highest BCUT2D eigenvalue weighted by molar-refractivity contribution is 8.13. The van der Waals surface area contributed by atoms with Crippen LogP contribution in [0.2, 0.25) is 0 Å². The van der Waals surface area contributed by atoms with Gasteiger partial charge in [-0.3, -0.25) is 19.9 Å². The minimum absolute atomic E-state index is 0.0333. The van der Waals surface area contributed by atoms with E-state index in [1.165, 1.54) is 42.1 Å². The molecule has 0 saturated carbocycles. The third-order valence-electron chi connectivity index (χ3n) is 4.60. The summed E-state index contributed by atoms with van der Waals surface area (Å²) >= 11 is 7.47. The van der Waals surface area contributed by atoms with Gasteiger partial charge >= 0.3 is 0 Å². The molecular formula is C19H18ClFN4O3S. The van der Waals surface area contributed by atoms with Crippen LogP contribution in [0.5, 0.6) is 0 Å². The first-order valence-electron chi connectivity index (χ1n) is 8.68. The highest BCUT2D eigenvalue weighted by atomic mass is 35.5. The molecule has 10 heteroatoms. The van der Waals surface area contributed by atoms with Crippen molar-refractivity contribution in [3.63, 3.8) is 0 Å². The molecule has 0 fully saturated rings. The normalized spacial score (nSPS) is 24.1. The Hall–Kier alpha value is -2.65. The summed E-state index contributed by atoms with van der Waals surface area (Å²) in [6.07, 6.45) is 5.77. The van der Waals surface area contributed by atoms with Crippen molar-refractivity contribution in [1.82, 2.24) is 0 Å². The summed E-state index contributed by atoms with van der Waals surface area (Å²) in [6, 6.07) is 4.35. The van der Waals surface area contributed by atoms with Crippen LogP contribution >= 0.6 is 23.4 Å². The Labute approximate surface area is 175 Å². The Kier molecular flexibility index (Phi) is 6.09. The maximum absolute atomic E-state index is 14.4. The Bertz CT molecular complexity index is 992. The molecule has 1 heterocycles. The predicted molar refractivity (Wildman–Crippen MR) is 113 cm³/mol. The zero-order valence-electron chi connectivity index (χ0n) is 15.4. The summed E-state index contributed by atoms with van der Waals surface area (Å²) < 4.78 is 14.4. The highest BCUT2D eigenvalue weighted by Crippen LogP contribution is 2.36. The summed E-state index contributed by atoms with van der Waals surface area (Å²) in [7, 11) is 0. The number of nitrogens with zero attached hydrogens (tertiary/aromatic N) is 2. The Morgan fingerprint density at radius 2 is 2.28 bits per heavy atom. The van der Waals surface area contributed by atoms with Gasteiger partial charge in [0, 0.05) is 23.5 Å². The molecule has 1 aliphatic carbocycles. The van der Waals surface area contributed by atoms with Crippen molar-refractivity contribution >= 4 is 40.1 Å². The van der Waals surface area contributed by atoms with Crippen molar-refractivity contribution < 1.29 is 14.1 Å². The number of alkyl halides is 1. The molecule has 3 N–H and O–H groups in total. The van der Waals surface area contributed by atoms with Crippen molar-refractivity contribution in [3.05, 3.63) is 75.3 Å². The number of nitro groups is 1. The van der Waals surface area contributed by atoms with Crippen LogP contribution in [-0.4, -0.2) is 27.1 Å². The van der Waals surface area contributed by atoms with Gasteiger partial charge in [0.2, 0.25) is 0 Å². The second-order valence-electron chi connectivity index (χ2n) is 6.72. The summed E-state index contributed by atoms with van der Waals surface area (Å²) in [5.74, 6) is -0.570. The van der Waals surface area contributed by atoms with Gasteiger partial charge in [-0.1, -0.05) is 23.9 Å². The van der Waals surface area contributed by atoms with Gasteiger partial charge in [-0.25, -0.2) is 4.39 Å². The minimum Gasteiger partial charge on any atom is -0.379 e. The van der Waals surface area contributed by atoms with Crippen LogP contribution in [0.1, 0.15) is 18.9 Å². The zero-order chi connectivity index (χ0) is 21.2. The molecule has 0 radical (unpaired) electrons. The largest absolute Gasteiger partial charge is 0.379 e. The van der Waals surface area contributed by atoms with E-state index in [0.29, 0.717) is 17.2 Å². The van der Waals surface area contributed by atoms with Crippen LogP contribution in [0.25, 0.3) is 0 Å². The molecule has 7 nitrogen and oxygen atoms in total. The standard InChI is InChI=1S/C19H18ClFN4O3S/c1-19(6-7-29-18(22)24-19)12-2-5-15(21)16(10-12)23-17(26)11-8-13(20)3-4-14(9-11)25(27)28/h2-5,8-10,13H,6-7H2,1H3,(H2,22,24)(H,23,26). The molecule has 0 saturated heterocycles. The molecule has 152 valence electrons. The number of carbonyl (C=O) groups is 1. The number of allylic oxidation sites excluding steroid dienone is 3. The second kappa shape index (κ2) is 8.38. The monoisotopic (exact) mass is 436 g/mol. The lowest BCUT2D eigenvalue weighted by molar-refractivity contribution is -0.419. The Morgan fingerprint density at radius 1 is 1.52 bits per heavy atom. The van der Waals surface area contributed by atoms with E-state index in [4.69, 9.17) is 17.3 Å². The first-order valence-corrected chi connectivity index (χ1v) is 10.1. The topological polar surface area (TPSA) is 111 Å². The molecule has 0 aromatic heterocycles. The molecule has 1 amide bonds. The molecule has 0 bridgehead atoms. The van der Waals surface area contributed by atoms with Crippen molar-refractivity contribution in [1.29, 1.82) is 0 Å². The molecule has 0 spiro atoms. The number of rotatable bonds is 4. The van der Waals surface area contributed by atoms with Gasteiger partial charge in [0.1, 0.15) is 5.82 Å². The molecule has 1 aromatic carbocycles. The van der Waals surface area contributed by atoms with Gasteiger partial charge in [0.05, 0.1) is 21.5 Å². The number of benzene rings is 1. The predicted octanol–water partition coefficient (Wildman–Crippen LogP) is 3.70. The van der Waals surface area contributed by atoms with Crippen LogP contribution < -0.4 is 11.1 Å². The molecule has 3 rings (SSSR count). The molecule has 1 aromatic rings. The summed E-state index contributed by atoms with van der Waals surface area (Å²) in [5.41, 5.74) is 5.53. The lowest BCUT2D eigenvalue weighted by Gasteiger charge is -2.30. The zero-order valence-corrected chi connectivity index (χ0v) is 17.0. The van der Waals surface area contributed by atoms with Crippen molar-refractivity contribution in [2.45, 2.75) is 24.3 Å². The lowest BCUT2D eigenvalue weighted by Crippen LogP contribution is -2.29. The van der Waals surface area contributed by atoms with E-state index in [2.05, 4.69) is 10.3 Å².